The topological polar surface area (TPSA) is 63.6 Å². The molecule has 0 bridgehead atoms. The summed E-state index contributed by atoms with van der Waals surface area (Å²) < 4.78 is 57.3. The highest BCUT2D eigenvalue weighted by Gasteiger charge is 2.45. The zero-order valence-corrected chi connectivity index (χ0v) is 25.4. The number of amidine groups is 1. The van der Waals surface area contributed by atoms with E-state index in [1.807, 2.05) is 12.1 Å². The van der Waals surface area contributed by atoms with Crippen LogP contribution in [0.1, 0.15) is 41.3 Å². The summed E-state index contributed by atoms with van der Waals surface area (Å²) in [5.74, 6) is 0.128. The highest BCUT2D eigenvalue weighted by atomic mass is 35.5. The molecule has 4 rings (SSSR count). The number of carbonyl (C=O) groups is 1. The molecule has 0 fully saturated rings. The van der Waals surface area contributed by atoms with Crippen LogP contribution in [0.15, 0.2) is 71.7 Å². The molecule has 12 heteroatoms. The second-order valence-corrected chi connectivity index (χ2v) is 10.6. The number of hydrogen-bond acceptors (Lipinski definition) is 5. The van der Waals surface area contributed by atoms with Gasteiger partial charge in [0.1, 0.15) is 17.6 Å². The second kappa shape index (κ2) is 14.4. The predicted molar refractivity (Wildman–Crippen MR) is 160 cm³/mol. The monoisotopic (exact) mass is 637 g/mol. The molecule has 1 aliphatic heterocycles. The lowest BCUT2D eigenvalue weighted by Crippen LogP contribution is -2.48. The molecule has 0 saturated heterocycles. The molecule has 2 atom stereocenters. The summed E-state index contributed by atoms with van der Waals surface area (Å²) in [5, 5.41) is 1.03. The minimum Gasteiger partial charge on any atom is -0.493 e. The molecule has 0 aliphatic carbocycles. The third-order valence-corrected chi connectivity index (χ3v) is 7.45. The highest BCUT2D eigenvalue weighted by molar-refractivity contribution is 6.30. The van der Waals surface area contributed by atoms with Gasteiger partial charge in [0.05, 0.1) is 37.0 Å². The highest BCUT2D eigenvalue weighted by Crippen LogP contribution is 2.46. The first-order valence-electron chi connectivity index (χ1n) is 13.6. The molecule has 230 valence electrons. The lowest BCUT2D eigenvalue weighted by molar-refractivity contribution is -0.137. The Kier molecular flexibility index (Phi) is 10.9. The maximum atomic E-state index is 14.5. The van der Waals surface area contributed by atoms with Crippen LogP contribution in [0, 0.1) is 0 Å². The van der Waals surface area contributed by atoms with Crippen LogP contribution in [0.2, 0.25) is 10.0 Å². The fraction of sp³-hybridized carbons (Fsp3) is 0.355. The summed E-state index contributed by atoms with van der Waals surface area (Å²) in [6.07, 6.45) is -4.59. The number of alkyl halides is 3. The number of aliphatic imine (C=N–C) groups is 1. The van der Waals surface area contributed by atoms with Gasteiger partial charge in [-0.2, -0.15) is 13.2 Å². The Hall–Kier alpha value is -3.31. The molecular weight excluding hydrogens is 606 g/mol. The van der Waals surface area contributed by atoms with Crippen molar-refractivity contribution in [2.45, 2.75) is 25.2 Å². The number of rotatable bonds is 11. The quantitative estimate of drug-likeness (QED) is 0.216. The Balaban J connectivity index is 1.95. The van der Waals surface area contributed by atoms with Gasteiger partial charge >= 0.3 is 12.2 Å². The lowest BCUT2D eigenvalue weighted by Gasteiger charge is -2.34. The van der Waals surface area contributed by atoms with Crippen LogP contribution < -0.4 is 4.74 Å². The standard InChI is InChI=1S/C31H32Cl2F3N3O4/c1-4-43-26-19-22(31(34,35)36)9-14-25(26)29-37-27(20-5-10-23(32)11-6-20)28(21-7-12-24(33)13-8-21)39(29)30(40)38(15-17-41-2)16-18-42-3/h5-14,19,27-28H,4,15-18H2,1-3H3. The third kappa shape index (κ3) is 7.62. The molecule has 0 radical (unpaired) electrons. The number of hydrogen-bond donors (Lipinski definition) is 0. The molecule has 0 spiro atoms. The van der Waals surface area contributed by atoms with Crippen molar-refractivity contribution in [3.63, 3.8) is 0 Å². The molecule has 3 aromatic carbocycles. The van der Waals surface area contributed by atoms with Gasteiger partial charge in [-0.3, -0.25) is 9.89 Å². The van der Waals surface area contributed by atoms with Crippen LogP contribution in [0.3, 0.4) is 0 Å². The van der Waals surface area contributed by atoms with E-state index in [0.29, 0.717) is 10.0 Å². The molecule has 0 saturated carbocycles. The summed E-state index contributed by atoms with van der Waals surface area (Å²) in [6.45, 7) is 2.77. The number of nitrogens with zero attached hydrogens (tertiary/aromatic N) is 3. The first-order valence-corrected chi connectivity index (χ1v) is 14.3. The van der Waals surface area contributed by atoms with Gasteiger partial charge in [-0.1, -0.05) is 47.5 Å². The van der Waals surface area contributed by atoms with E-state index in [0.717, 1.165) is 23.3 Å². The van der Waals surface area contributed by atoms with Gasteiger partial charge < -0.3 is 19.1 Å². The average Bonchev–Trinajstić information content (AvgIpc) is 3.37. The predicted octanol–water partition coefficient (Wildman–Crippen LogP) is 7.67. The van der Waals surface area contributed by atoms with Gasteiger partial charge in [0.2, 0.25) is 0 Å². The molecule has 0 aromatic heterocycles. The molecule has 2 unspecified atom stereocenters. The normalized spacial score (nSPS) is 16.7. The number of carbonyl (C=O) groups excluding carboxylic acids is 1. The van der Waals surface area contributed by atoms with Crippen LogP contribution in [-0.2, 0) is 15.7 Å². The zero-order chi connectivity index (χ0) is 31.1. The van der Waals surface area contributed by atoms with Crippen molar-refractivity contribution in [1.82, 2.24) is 9.80 Å². The number of methoxy groups -OCH3 is 2. The molecule has 7 nitrogen and oxygen atoms in total. The maximum absolute atomic E-state index is 14.5. The summed E-state index contributed by atoms with van der Waals surface area (Å²) in [4.78, 5) is 22.6. The largest absolute Gasteiger partial charge is 0.493 e. The van der Waals surface area contributed by atoms with E-state index in [1.165, 1.54) is 25.2 Å². The van der Waals surface area contributed by atoms with Gasteiger partial charge in [0, 0.05) is 37.4 Å². The smallest absolute Gasteiger partial charge is 0.416 e. The van der Waals surface area contributed by atoms with E-state index in [2.05, 4.69) is 0 Å². The Morgan fingerprint density at radius 3 is 1.98 bits per heavy atom. The molecule has 3 aromatic rings. The molecule has 1 aliphatic rings. The number of urea groups is 1. The van der Waals surface area contributed by atoms with E-state index in [1.54, 1.807) is 48.2 Å². The van der Waals surface area contributed by atoms with E-state index < -0.39 is 29.9 Å². The molecule has 2 amide bonds. The van der Waals surface area contributed by atoms with Crippen molar-refractivity contribution in [2.24, 2.45) is 4.99 Å². The minimum atomic E-state index is -4.59. The van der Waals surface area contributed by atoms with Crippen molar-refractivity contribution in [3.8, 4) is 5.75 Å². The summed E-state index contributed by atoms with van der Waals surface area (Å²) in [5.41, 5.74) is 0.848. The molecule has 43 heavy (non-hydrogen) atoms. The summed E-state index contributed by atoms with van der Waals surface area (Å²) in [7, 11) is 3.07. The van der Waals surface area contributed by atoms with Crippen LogP contribution in [0.5, 0.6) is 5.75 Å². The summed E-state index contributed by atoms with van der Waals surface area (Å²) >= 11 is 12.4. The number of halogens is 5. The van der Waals surface area contributed by atoms with Crippen LogP contribution in [0.25, 0.3) is 0 Å². The van der Waals surface area contributed by atoms with Crippen LogP contribution >= 0.6 is 23.2 Å². The lowest BCUT2D eigenvalue weighted by atomic mass is 9.93. The Bertz CT molecular complexity index is 1410. The molecule has 0 N–H and O–H groups in total. The van der Waals surface area contributed by atoms with Crippen LogP contribution in [-0.4, -0.2) is 68.8 Å². The fourth-order valence-electron chi connectivity index (χ4n) is 4.87. The van der Waals surface area contributed by atoms with Crippen molar-refractivity contribution < 1.29 is 32.2 Å². The van der Waals surface area contributed by atoms with E-state index in [4.69, 9.17) is 42.4 Å². The molecular formula is C31H32Cl2F3N3O4. The van der Waals surface area contributed by atoms with Crippen LogP contribution in [0.4, 0.5) is 18.0 Å². The first kappa shape index (κ1) is 32.6. The first-order chi connectivity index (χ1) is 20.6. The average molecular weight is 639 g/mol. The van der Waals surface area contributed by atoms with Crippen molar-refractivity contribution in [2.75, 3.05) is 47.1 Å². The van der Waals surface area contributed by atoms with E-state index in [-0.39, 0.29) is 50.1 Å². The van der Waals surface area contributed by atoms with Gasteiger partial charge in [0.25, 0.3) is 0 Å². The summed E-state index contributed by atoms with van der Waals surface area (Å²) in [6, 6.07) is 15.6. The van der Waals surface area contributed by atoms with E-state index >= 15 is 0 Å². The second-order valence-electron chi connectivity index (χ2n) is 9.71. The number of amides is 2. The fourth-order valence-corrected chi connectivity index (χ4v) is 5.12. The van der Waals surface area contributed by atoms with Crippen molar-refractivity contribution >= 4 is 35.1 Å². The van der Waals surface area contributed by atoms with Crippen molar-refractivity contribution in [3.05, 3.63) is 99.0 Å². The van der Waals surface area contributed by atoms with Gasteiger partial charge in [-0.05, 0) is 60.5 Å². The zero-order valence-electron chi connectivity index (χ0n) is 23.9. The van der Waals surface area contributed by atoms with Crippen molar-refractivity contribution in [1.29, 1.82) is 0 Å². The van der Waals surface area contributed by atoms with E-state index in [9.17, 15) is 18.0 Å². The Morgan fingerprint density at radius 1 is 0.907 bits per heavy atom. The third-order valence-electron chi connectivity index (χ3n) is 6.95. The Morgan fingerprint density at radius 2 is 1.47 bits per heavy atom. The SMILES string of the molecule is CCOc1cc(C(F)(F)F)ccc1C1=NC(c2ccc(Cl)cc2)C(c2ccc(Cl)cc2)N1C(=O)N(CCOC)CCOC. The minimum absolute atomic E-state index is 0.0409. The van der Waals surface area contributed by atoms with Gasteiger partial charge in [-0.25, -0.2) is 4.79 Å². The van der Waals surface area contributed by atoms with Gasteiger partial charge in [0.15, 0.2) is 0 Å². The number of ether oxygens (including phenoxy) is 3. The van der Waals surface area contributed by atoms with Gasteiger partial charge in [-0.15, -0.1) is 0 Å². The molecule has 1 heterocycles. The maximum Gasteiger partial charge on any atom is 0.416 e. The number of benzene rings is 3. The Labute approximate surface area is 258 Å².